The molecule has 24 heavy (non-hydrogen) atoms. The van der Waals surface area contributed by atoms with E-state index >= 15 is 0 Å². The maximum absolute atomic E-state index is 12.3. The number of thiophene rings is 1. The van der Waals surface area contributed by atoms with Crippen molar-refractivity contribution in [2.45, 2.75) is 6.42 Å². The van der Waals surface area contributed by atoms with Crippen LogP contribution < -0.4 is 5.73 Å². The number of rotatable bonds is 3. The number of piperazine rings is 1. The fraction of sp³-hybridized carbons (Fsp3) is 0.312. The summed E-state index contributed by atoms with van der Waals surface area (Å²) in [5.41, 5.74) is 6.88. The molecule has 6 nitrogen and oxygen atoms in total. The van der Waals surface area contributed by atoms with E-state index in [0.717, 1.165) is 4.88 Å². The molecular formula is C16H19ClN4O2S. The zero-order valence-electron chi connectivity index (χ0n) is 13.1. The second-order valence-corrected chi connectivity index (χ2v) is 6.36. The van der Waals surface area contributed by atoms with E-state index in [2.05, 4.69) is 4.98 Å². The van der Waals surface area contributed by atoms with Gasteiger partial charge >= 0.3 is 0 Å². The van der Waals surface area contributed by atoms with E-state index in [9.17, 15) is 9.59 Å². The second-order valence-electron chi connectivity index (χ2n) is 5.41. The summed E-state index contributed by atoms with van der Waals surface area (Å²) in [6, 6.07) is 7.21. The highest BCUT2D eigenvalue weighted by molar-refractivity contribution is 7.12. The summed E-state index contributed by atoms with van der Waals surface area (Å²) in [5.74, 6) is 0.0813. The van der Waals surface area contributed by atoms with Crippen LogP contribution in [0.15, 0.2) is 35.8 Å². The lowest BCUT2D eigenvalue weighted by atomic mass is 10.2. The summed E-state index contributed by atoms with van der Waals surface area (Å²) >= 11 is 1.44. The van der Waals surface area contributed by atoms with Gasteiger partial charge in [0.15, 0.2) is 0 Å². The van der Waals surface area contributed by atoms with Crippen LogP contribution in [0.2, 0.25) is 0 Å². The Hall–Kier alpha value is -2.12. The number of aromatic nitrogens is 1. The zero-order chi connectivity index (χ0) is 16.2. The smallest absolute Gasteiger partial charge is 0.264 e. The summed E-state index contributed by atoms with van der Waals surface area (Å²) in [5, 5.41) is 1.90. The van der Waals surface area contributed by atoms with E-state index in [0.29, 0.717) is 37.6 Å². The van der Waals surface area contributed by atoms with E-state index in [1.54, 1.807) is 28.1 Å². The summed E-state index contributed by atoms with van der Waals surface area (Å²) in [7, 11) is 0. The molecule has 3 rings (SSSR count). The van der Waals surface area contributed by atoms with Crippen LogP contribution in [0, 0.1) is 0 Å². The summed E-state index contributed by atoms with van der Waals surface area (Å²) < 4.78 is 0. The van der Waals surface area contributed by atoms with Crippen molar-refractivity contribution in [3.05, 3.63) is 46.4 Å². The van der Waals surface area contributed by atoms with Crippen LogP contribution in [0.1, 0.15) is 15.4 Å². The molecule has 1 aliphatic rings. The number of amides is 2. The zero-order valence-corrected chi connectivity index (χ0v) is 14.7. The first-order valence-corrected chi connectivity index (χ1v) is 8.32. The molecule has 1 fully saturated rings. The monoisotopic (exact) mass is 366 g/mol. The van der Waals surface area contributed by atoms with Gasteiger partial charge in [0, 0.05) is 31.9 Å². The van der Waals surface area contributed by atoms with Crippen molar-refractivity contribution in [1.29, 1.82) is 0 Å². The molecule has 128 valence electrons. The molecule has 0 unspecified atom stereocenters. The number of nitrogen functional groups attached to an aromatic ring is 1. The molecule has 0 bridgehead atoms. The Bertz CT molecular complexity index is 683. The van der Waals surface area contributed by atoms with Crippen molar-refractivity contribution in [2.24, 2.45) is 0 Å². The lowest BCUT2D eigenvalue weighted by molar-refractivity contribution is -0.132. The van der Waals surface area contributed by atoms with Crippen molar-refractivity contribution in [2.75, 3.05) is 31.9 Å². The third-order valence-electron chi connectivity index (χ3n) is 3.83. The lowest BCUT2D eigenvalue weighted by Crippen LogP contribution is -2.50. The molecular weight excluding hydrogens is 348 g/mol. The molecule has 0 saturated carbocycles. The summed E-state index contributed by atoms with van der Waals surface area (Å²) in [6.45, 7) is 2.26. The van der Waals surface area contributed by atoms with Crippen LogP contribution in [0.3, 0.4) is 0 Å². The molecule has 1 saturated heterocycles. The Morgan fingerprint density at radius 1 is 1.12 bits per heavy atom. The van der Waals surface area contributed by atoms with Crippen LogP contribution >= 0.6 is 23.7 Å². The van der Waals surface area contributed by atoms with Crippen LogP contribution in [0.5, 0.6) is 0 Å². The average Bonchev–Trinajstić information content (AvgIpc) is 3.11. The van der Waals surface area contributed by atoms with Gasteiger partial charge in [-0.15, -0.1) is 23.7 Å². The minimum atomic E-state index is 0. The Labute approximate surface area is 150 Å². The van der Waals surface area contributed by atoms with Crippen molar-refractivity contribution in [3.63, 3.8) is 0 Å². The maximum Gasteiger partial charge on any atom is 0.264 e. The lowest BCUT2D eigenvalue weighted by Gasteiger charge is -2.34. The number of carbonyl (C=O) groups excluding carboxylic acids is 2. The van der Waals surface area contributed by atoms with Gasteiger partial charge in [-0.2, -0.15) is 0 Å². The molecule has 2 aromatic heterocycles. The predicted octanol–water partition coefficient (Wildman–Crippen LogP) is 1.67. The van der Waals surface area contributed by atoms with Gasteiger partial charge in [-0.3, -0.25) is 14.6 Å². The number of hydrogen-bond donors (Lipinski definition) is 1. The van der Waals surface area contributed by atoms with Gasteiger partial charge in [0.05, 0.1) is 23.2 Å². The molecule has 0 aromatic carbocycles. The molecule has 2 N–H and O–H groups in total. The first kappa shape index (κ1) is 18.2. The fourth-order valence-corrected chi connectivity index (χ4v) is 3.21. The van der Waals surface area contributed by atoms with Crippen molar-refractivity contribution >= 4 is 41.2 Å². The van der Waals surface area contributed by atoms with E-state index < -0.39 is 0 Å². The highest BCUT2D eigenvalue weighted by Crippen LogP contribution is 2.14. The molecule has 1 aliphatic heterocycles. The van der Waals surface area contributed by atoms with Crippen LogP contribution in [-0.4, -0.2) is 52.8 Å². The molecule has 2 amide bonds. The Kier molecular flexibility index (Phi) is 6.16. The highest BCUT2D eigenvalue weighted by Gasteiger charge is 2.25. The normalized spacial score (nSPS) is 14.2. The van der Waals surface area contributed by atoms with E-state index in [4.69, 9.17) is 5.73 Å². The van der Waals surface area contributed by atoms with Gasteiger partial charge in [0.1, 0.15) is 0 Å². The van der Waals surface area contributed by atoms with Gasteiger partial charge in [0.25, 0.3) is 5.91 Å². The van der Waals surface area contributed by atoms with E-state index in [1.807, 2.05) is 17.5 Å². The SMILES string of the molecule is Cl.Nc1ccc(CC(=O)N2CCN(C(=O)c3cccs3)CC2)nc1. The Balaban J connectivity index is 0.00000208. The third-order valence-corrected chi connectivity index (χ3v) is 4.69. The second kappa shape index (κ2) is 8.12. The van der Waals surface area contributed by atoms with Crippen molar-refractivity contribution < 1.29 is 9.59 Å². The maximum atomic E-state index is 12.3. The van der Waals surface area contributed by atoms with Gasteiger partial charge < -0.3 is 15.5 Å². The molecule has 0 aliphatic carbocycles. The van der Waals surface area contributed by atoms with E-state index in [-0.39, 0.29) is 30.6 Å². The summed E-state index contributed by atoms with van der Waals surface area (Å²) in [4.78, 5) is 33.1. The first-order chi connectivity index (χ1) is 11.1. The minimum absolute atomic E-state index is 0. The van der Waals surface area contributed by atoms with Crippen molar-refractivity contribution in [3.8, 4) is 0 Å². The summed E-state index contributed by atoms with van der Waals surface area (Å²) in [6.07, 6.45) is 1.82. The minimum Gasteiger partial charge on any atom is -0.397 e. The first-order valence-electron chi connectivity index (χ1n) is 7.44. The van der Waals surface area contributed by atoms with Gasteiger partial charge in [-0.25, -0.2) is 0 Å². The van der Waals surface area contributed by atoms with Crippen LogP contribution in [0.25, 0.3) is 0 Å². The fourth-order valence-electron chi connectivity index (χ4n) is 2.52. The average molecular weight is 367 g/mol. The van der Waals surface area contributed by atoms with Crippen LogP contribution in [0.4, 0.5) is 5.69 Å². The third kappa shape index (κ3) is 4.24. The predicted molar refractivity (Wildman–Crippen MR) is 96.4 cm³/mol. The topological polar surface area (TPSA) is 79.5 Å². The largest absolute Gasteiger partial charge is 0.397 e. The number of nitrogens with zero attached hydrogens (tertiary/aromatic N) is 3. The van der Waals surface area contributed by atoms with Gasteiger partial charge in [0.2, 0.25) is 5.91 Å². The number of halogens is 1. The molecule has 0 spiro atoms. The highest BCUT2D eigenvalue weighted by atomic mass is 35.5. The molecule has 0 atom stereocenters. The molecule has 2 aromatic rings. The molecule has 3 heterocycles. The van der Waals surface area contributed by atoms with Gasteiger partial charge in [-0.05, 0) is 23.6 Å². The number of anilines is 1. The Morgan fingerprint density at radius 3 is 2.42 bits per heavy atom. The Morgan fingerprint density at radius 2 is 1.83 bits per heavy atom. The standard InChI is InChI=1S/C16H18N4O2S.ClH/c17-12-3-4-13(18-11-12)10-15(21)19-5-7-20(8-6-19)16(22)14-2-1-9-23-14;/h1-4,9,11H,5-8,10,17H2;1H. The van der Waals surface area contributed by atoms with Crippen LogP contribution in [-0.2, 0) is 11.2 Å². The number of nitrogens with two attached hydrogens (primary N) is 1. The van der Waals surface area contributed by atoms with E-state index in [1.165, 1.54) is 11.3 Å². The quantitative estimate of drug-likeness (QED) is 0.896. The van der Waals surface area contributed by atoms with Crippen molar-refractivity contribution in [1.82, 2.24) is 14.8 Å². The number of carbonyl (C=O) groups is 2. The number of hydrogen-bond acceptors (Lipinski definition) is 5. The molecule has 8 heteroatoms. The van der Waals surface area contributed by atoms with Gasteiger partial charge in [-0.1, -0.05) is 6.07 Å². The number of pyridine rings is 1. The molecule has 0 radical (unpaired) electrons.